The van der Waals surface area contributed by atoms with Gasteiger partial charge < -0.3 is 4.40 Å². The number of nitriles is 1. The maximum absolute atomic E-state index is 9.80. The number of benzene rings is 2. The van der Waals surface area contributed by atoms with Gasteiger partial charge in [0.15, 0.2) is 0 Å². The quantitative estimate of drug-likeness (QED) is 0.503. The van der Waals surface area contributed by atoms with E-state index >= 15 is 0 Å². The summed E-state index contributed by atoms with van der Waals surface area (Å²) in [6.07, 6.45) is 1.94. The van der Waals surface area contributed by atoms with Crippen molar-refractivity contribution in [1.82, 2.24) is 4.40 Å². The second-order valence-electron chi connectivity index (χ2n) is 5.43. The van der Waals surface area contributed by atoms with Crippen molar-refractivity contribution in [3.05, 3.63) is 90.8 Å². The molecule has 0 radical (unpaired) electrons. The molecule has 2 heteroatoms. The SMILES string of the molecule is N#Cc1c(-c2ccccc2)c(-c2ccccc2)cc2cccn12. The van der Waals surface area contributed by atoms with Crippen LogP contribution in [0.15, 0.2) is 85.1 Å². The van der Waals surface area contributed by atoms with Crippen molar-refractivity contribution in [2.75, 3.05) is 0 Å². The molecule has 2 nitrogen and oxygen atoms in total. The topological polar surface area (TPSA) is 28.2 Å². The lowest BCUT2D eigenvalue weighted by Crippen LogP contribution is -1.98. The summed E-state index contributed by atoms with van der Waals surface area (Å²) in [5.74, 6) is 0. The molecule has 4 aromatic rings. The summed E-state index contributed by atoms with van der Waals surface area (Å²) in [5.41, 5.74) is 5.92. The molecule has 2 heterocycles. The Labute approximate surface area is 134 Å². The van der Waals surface area contributed by atoms with Crippen LogP contribution in [0.4, 0.5) is 0 Å². The molecule has 0 saturated heterocycles. The molecule has 0 aliphatic heterocycles. The van der Waals surface area contributed by atoms with Crippen LogP contribution in [0, 0.1) is 11.3 Å². The second-order valence-corrected chi connectivity index (χ2v) is 5.43. The highest BCUT2D eigenvalue weighted by Crippen LogP contribution is 2.36. The molecule has 0 fully saturated rings. The minimum Gasteiger partial charge on any atom is -0.308 e. The molecule has 4 rings (SSSR count). The smallest absolute Gasteiger partial charge is 0.133 e. The standard InChI is InChI=1S/C21H14N2/c22-15-20-21(17-10-5-2-6-11-17)19(16-8-3-1-4-9-16)14-18-12-7-13-23(18)20/h1-14H. The van der Waals surface area contributed by atoms with Gasteiger partial charge in [-0.15, -0.1) is 0 Å². The molecule has 0 spiro atoms. The molecule has 2 aromatic heterocycles. The number of fused-ring (bicyclic) bond motifs is 1. The zero-order valence-corrected chi connectivity index (χ0v) is 12.5. The van der Waals surface area contributed by atoms with Crippen molar-refractivity contribution in [2.24, 2.45) is 0 Å². The van der Waals surface area contributed by atoms with E-state index in [0.29, 0.717) is 5.69 Å². The van der Waals surface area contributed by atoms with Crippen molar-refractivity contribution in [2.45, 2.75) is 0 Å². The minimum absolute atomic E-state index is 0.664. The highest BCUT2D eigenvalue weighted by Gasteiger charge is 2.16. The lowest BCUT2D eigenvalue weighted by molar-refractivity contribution is 1.16. The van der Waals surface area contributed by atoms with E-state index in [1.807, 2.05) is 59.1 Å². The second kappa shape index (κ2) is 5.47. The summed E-state index contributed by atoms with van der Waals surface area (Å²) in [7, 11) is 0. The summed E-state index contributed by atoms with van der Waals surface area (Å²) in [6.45, 7) is 0. The van der Waals surface area contributed by atoms with Gasteiger partial charge in [-0.2, -0.15) is 5.26 Å². The molecule has 0 N–H and O–H groups in total. The number of pyridine rings is 1. The van der Waals surface area contributed by atoms with Gasteiger partial charge in [0.05, 0.1) is 0 Å². The number of hydrogen-bond acceptors (Lipinski definition) is 1. The Balaban J connectivity index is 2.15. The third kappa shape index (κ3) is 2.20. The lowest BCUT2D eigenvalue weighted by atomic mass is 9.93. The lowest BCUT2D eigenvalue weighted by Gasteiger charge is -2.14. The first-order valence-corrected chi connectivity index (χ1v) is 7.53. The minimum atomic E-state index is 0.664. The number of nitrogens with zero attached hydrogens (tertiary/aromatic N) is 2. The molecular weight excluding hydrogens is 280 g/mol. The third-order valence-electron chi connectivity index (χ3n) is 4.07. The summed E-state index contributed by atoms with van der Waals surface area (Å²) in [4.78, 5) is 0. The summed E-state index contributed by atoms with van der Waals surface area (Å²) >= 11 is 0. The molecule has 108 valence electrons. The Kier molecular flexibility index (Phi) is 3.18. The molecular formula is C21H14N2. The largest absolute Gasteiger partial charge is 0.308 e. The fourth-order valence-corrected chi connectivity index (χ4v) is 3.04. The van der Waals surface area contributed by atoms with Gasteiger partial charge in [-0.25, -0.2) is 0 Å². The molecule has 23 heavy (non-hydrogen) atoms. The third-order valence-corrected chi connectivity index (χ3v) is 4.07. The number of hydrogen-bond donors (Lipinski definition) is 0. The van der Waals surface area contributed by atoms with Crippen LogP contribution in [0.25, 0.3) is 27.8 Å². The zero-order valence-electron chi connectivity index (χ0n) is 12.5. The first kappa shape index (κ1) is 13.4. The van der Waals surface area contributed by atoms with E-state index in [9.17, 15) is 5.26 Å². The zero-order chi connectivity index (χ0) is 15.6. The fraction of sp³-hybridized carbons (Fsp3) is 0. The molecule has 0 amide bonds. The monoisotopic (exact) mass is 294 g/mol. The van der Waals surface area contributed by atoms with Crippen LogP contribution < -0.4 is 0 Å². The van der Waals surface area contributed by atoms with E-state index in [4.69, 9.17) is 0 Å². The first-order chi connectivity index (χ1) is 11.4. The highest BCUT2D eigenvalue weighted by molar-refractivity contribution is 5.89. The Morgan fingerprint density at radius 2 is 1.39 bits per heavy atom. The Morgan fingerprint density at radius 1 is 0.739 bits per heavy atom. The van der Waals surface area contributed by atoms with Gasteiger partial charge in [0, 0.05) is 17.3 Å². The van der Waals surface area contributed by atoms with E-state index in [1.54, 1.807) is 0 Å². The van der Waals surface area contributed by atoms with Gasteiger partial charge in [0.2, 0.25) is 0 Å². The number of aromatic nitrogens is 1. The maximum Gasteiger partial charge on any atom is 0.133 e. The van der Waals surface area contributed by atoms with Gasteiger partial charge in [0.25, 0.3) is 0 Å². The summed E-state index contributed by atoms with van der Waals surface area (Å²) < 4.78 is 1.95. The Bertz CT molecular complexity index is 1010. The molecule has 0 atom stereocenters. The van der Waals surface area contributed by atoms with Crippen molar-refractivity contribution >= 4 is 5.52 Å². The molecule has 0 aliphatic carbocycles. The van der Waals surface area contributed by atoms with Crippen molar-refractivity contribution in [3.63, 3.8) is 0 Å². The number of rotatable bonds is 2. The predicted molar refractivity (Wildman–Crippen MR) is 93.0 cm³/mol. The van der Waals surface area contributed by atoms with E-state index < -0.39 is 0 Å². The van der Waals surface area contributed by atoms with Crippen LogP contribution >= 0.6 is 0 Å². The van der Waals surface area contributed by atoms with Gasteiger partial charge >= 0.3 is 0 Å². The normalized spacial score (nSPS) is 10.6. The molecule has 0 unspecified atom stereocenters. The molecule has 2 aromatic carbocycles. The maximum atomic E-state index is 9.80. The van der Waals surface area contributed by atoms with Crippen LogP contribution in [0.5, 0.6) is 0 Å². The van der Waals surface area contributed by atoms with Crippen LogP contribution in [-0.2, 0) is 0 Å². The molecule has 0 bridgehead atoms. The van der Waals surface area contributed by atoms with Crippen molar-refractivity contribution in [3.8, 4) is 28.3 Å². The van der Waals surface area contributed by atoms with E-state index in [2.05, 4.69) is 36.4 Å². The average molecular weight is 294 g/mol. The predicted octanol–water partition coefficient (Wildman–Crippen LogP) is 5.14. The van der Waals surface area contributed by atoms with Gasteiger partial charge in [0.1, 0.15) is 11.8 Å². The van der Waals surface area contributed by atoms with E-state index in [-0.39, 0.29) is 0 Å². The van der Waals surface area contributed by atoms with Crippen LogP contribution in [0.2, 0.25) is 0 Å². The highest BCUT2D eigenvalue weighted by atomic mass is 14.9. The van der Waals surface area contributed by atoms with Crippen LogP contribution in [0.1, 0.15) is 5.69 Å². The summed E-state index contributed by atoms with van der Waals surface area (Å²) in [5, 5.41) is 9.80. The molecule has 0 aliphatic rings. The van der Waals surface area contributed by atoms with Crippen LogP contribution in [0.3, 0.4) is 0 Å². The van der Waals surface area contributed by atoms with E-state index in [0.717, 1.165) is 27.8 Å². The van der Waals surface area contributed by atoms with E-state index in [1.165, 1.54) is 0 Å². The Hall–Kier alpha value is -3.31. The first-order valence-electron chi connectivity index (χ1n) is 7.53. The average Bonchev–Trinajstić information content (AvgIpc) is 3.10. The molecule has 0 saturated carbocycles. The van der Waals surface area contributed by atoms with Crippen molar-refractivity contribution < 1.29 is 0 Å². The van der Waals surface area contributed by atoms with Gasteiger partial charge in [-0.05, 0) is 34.9 Å². The van der Waals surface area contributed by atoms with Gasteiger partial charge in [-0.1, -0.05) is 60.7 Å². The van der Waals surface area contributed by atoms with Gasteiger partial charge in [-0.3, -0.25) is 0 Å². The summed E-state index contributed by atoms with van der Waals surface area (Å²) in [6, 6.07) is 28.9. The fourth-order valence-electron chi connectivity index (χ4n) is 3.04. The van der Waals surface area contributed by atoms with Crippen molar-refractivity contribution in [1.29, 1.82) is 5.26 Å². The Morgan fingerprint density at radius 3 is 2.04 bits per heavy atom. The van der Waals surface area contributed by atoms with Crippen LogP contribution in [-0.4, -0.2) is 4.40 Å².